The van der Waals surface area contributed by atoms with Crippen LogP contribution < -0.4 is 0 Å². The van der Waals surface area contributed by atoms with Crippen LogP contribution in [0.3, 0.4) is 0 Å². The number of allylic oxidation sites excluding steroid dienone is 1. The molecule has 4 rings (SSSR count). The minimum absolute atomic E-state index is 0.178. The highest BCUT2D eigenvalue weighted by Crippen LogP contribution is 2.67. The number of fused-ring (bicyclic) bond motifs is 5. The molecule has 0 saturated heterocycles. The summed E-state index contributed by atoms with van der Waals surface area (Å²) in [5.41, 5.74) is 0.109. The lowest BCUT2D eigenvalue weighted by Gasteiger charge is -2.58. The molecule has 3 N–H and O–H groups in total. The van der Waals surface area contributed by atoms with Gasteiger partial charge in [0, 0.05) is 11.3 Å². The molecule has 0 heterocycles. The van der Waals surface area contributed by atoms with E-state index < -0.39 is 11.6 Å². The van der Waals surface area contributed by atoms with Crippen molar-refractivity contribution < 1.29 is 20.1 Å². The van der Waals surface area contributed by atoms with Gasteiger partial charge in [0.2, 0.25) is 0 Å². The van der Waals surface area contributed by atoms with Crippen LogP contribution in [0.15, 0.2) is 11.6 Å². The summed E-state index contributed by atoms with van der Waals surface area (Å²) < 4.78 is 0. The van der Waals surface area contributed by atoms with Gasteiger partial charge in [-0.3, -0.25) is 0 Å². The summed E-state index contributed by atoms with van der Waals surface area (Å²) in [7, 11) is 0. The fourth-order valence-corrected chi connectivity index (χ4v) is 7.02. The van der Waals surface area contributed by atoms with Crippen LogP contribution in [0.5, 0.6) is 0 Å². The van der Waals surface area contributed by atoms with E-state index in [-0.39, 0.29) is 16.9 Å². The average molecular weight is 358 g/mol. The number of hydrogen-bond acceptors (Lipinski definition) is 3. The van der Waals surface area contributed by atoms with E-state index >= 15 is 0 Å². The zero-order valence-corrected chi connectivity index (χ0v) is 15.8. The number of aliphatic hydroxyl groups excluding tert-OH is 1. The smallest absolute Gasteiger partial charge is 0.382 e. The molecule has 0 bridgehead atoms. The van der Waals surface area contributed by atoms with Crippen molar-refractivity contribution in [2.75, 3.05) is 0 Å². The Kier molecular flexibility index (Phi) is 4.06. The van der Waals surface area contributed by atoms with Crippen LogP contribution >= 0.6 is 0 Å². The quantitative estimate of drug-likeness (QED) is 0.459. The molecule has 0 aromatic heterocycles. The predicted octanol–water partition coefficient (Wildman–Crippen LogP) is 3.13. The maximum Gasteiger partial charge on any atom is 0.382 e. The molecule has 0 aromatic carbocycles. The zero-order chi connectivity index (χ0) is 18.7. The van der Waals surface area contributed by atoms with E-state index in [1.807, 2.05) is 0 Å². The molecule has 4 nitrogen and oxygen atoms in total. The lowest BCUT2D eigenvalue weighted by Crippen LogP contribution is -2.54. The third-order valence-electron chi connectivity index (χ3n) is 8.61. The Morgan fingerprint density at radius 1 is 1.15 bits per heavy atom. The van der Waals surface area contributed by atoms with E-state index in [1.165, 1.54) is 5.57 Å². The third kappa shape index (κ3) is 2.40. The standard InChI is InChI=1S/C22H30O4/c1-20-9-5-15(23)13-14(20)3-4-16-17(20)6-10-21(2)18(16)7-11-22(21,26)12-8-19(24)25/h3,15-18,23,26H,4-7,9-11,13H2,1-2H3,(H,24,25)/t15-,16-,17+,18+,20-,21-,22+/m0/s1. The fourth-order valence-electron chi connectivity index (χ4n) is 7.02. The molecule has 4 aliphatic carbocycles. The van der Waals surface area contributed by atoms with Gasteiger partial charge in [-0.25, -0.2) is 4.79 Å². The van der Waals surface area contributed by atoms with Crippen LogP contribution in [0.4, 0.5) is 0 Å². The van der Waals surface area contributed by atoms with Crippen LogP contribution in [0.25, 0.3) is 0 Å². The second-order valence-electron chi connectivity index (χ2n) is 9.57. The molecule has 0 radical (unpaired) electrons. The highest BCUT2D eigenvalue weighted by atomic mass is 16.4. The van der Waals surface area contributed by atoms with E-state index in [4.69, 9.17) is 5.11 Å². The molecule has 4 heteroatoms. The number of hydrogen-bond donors (Lipinski definition) is 3. The van der Waals surface area contributed by atoms with Gasteiger partial charge >= 0.3 is 5.97 Å². The van der Waals surface area contributed by atoms with Gasteiger partial charge in [-0.1, -0.05) is 31.4 Å². The van der Waals surface area contributed by atoms with Gasteiger partial charge in [0.05, 0.1) is 6.10 Å². The van der Waals surface area contributed by atoms with Crippen LogP contribution in [0, 0.1) is 40.4 Å². The SMILES string of the molecule is C[C@]12CC[C@H](O)CC1=CC[C@H]1[C@H]2CC[C@@]2(C)[C@@H]1CC[C@@]2(O)C#CC(=O)O. The second kappa shape index (κ2) is 5.84. The molecule has 3 fully saturated rings. The number of carbonyl (C=O) groups is 1. The number of carboxylic acids is 1. The third-order valence-corrected chi connectivity index (χ3v) is 8.61. The monoisotopic (exact) mass is 358 g/mol. The summed E-state index contributed by atoms with van der Waals surface area (Å²) in [5.74, 6) is 5.26. The molecular formula is C22H30O4. The van der Waals surface area contributed by atoms with E-state index in [1.54, 1.807) is 0 Å². The van der Waals surface area contributed by atoms with Crippen molar-refractivity contribution in [3.63, 3.8) is 0 Å². The molecule has 0 amide bonds. The topological polar surface area (TPSA) is 77.8 Å². The van der Waals surface area contributed by atoms with Crippen molar-refractivity contribution >= 4 is 5.97 Å². The van der Waals surface area contributed by atoms with Crippen molar-refractivity contribution in [3.05, 3.63) is 11.6 Å². The molecule has 0 unspecified atom stereocenters. The first-order valence-electron chi connectivity index (χ1n) is 10.1. The predicted molar refractivity (Wildman–Crippen MR) is 98.1 cm³/mol. The summed E-state index contributed by atoms with van der Waals surface area (Å²) in [4.78, 5) is 10.9. The van der Waals surface area contributed by atoms with Gasteiger partial charge in [0.15, 0.2) is 0 Å². The summed E-state index contributed by atoms with van der Waals surface area (Å²) in [6.45, 7) is 4.51. The van der Waals surface area contributed by atoms with Gasteiger partial charge in [-0.2, -0.15) is 0 Å². The largest absolute Gasteiger partial charge is 0.472 e. The van der Waals surface area contributed by atoms with E-state index in [9.17, 15) is 15.0 Å². The minimum atomic E-state index is -1.19. The normalized spacial score (nSPS) is 49.8. The second-order valence-corrected chi connectivity index (χ2v) is 9.57. The first-order valence-corrected chi connectivity index (χ1v) is 10.1. The maximum atomic E-state index is 11.2. The molecule has 0 spiro atoms. The highest BCUT2D eigenvalue weighted by molar-refractivity contribution is 5.86. The molecule has 4 aliphatic rings. The Labute approximate surface area is 155 Å². The van der Waals surface area contributed by atoms with Gasteiger partial charge in [-0.15, -0.1) is 0 Å². The summed E-state index contributed by atoms with van der Waals surface area (Å²) in [6, 6.07) is 0. The molecular weight excluding hydrogens is 328 g/mol. The molecule has 0 aliphatic heterocycles. The molecule has 142 valence electrons. The molecule has 26 heavy (non-hydrogen) atoms. The summed E-state index contributed by atoms with van der Waals surface area (Å²) in [6.07, 6.45) is 9.39. The first kappa shape index (κ1) is 18.1. The molecule has 7 atom stereocenters. The van der Waals surface area contributed by atoms with Gasteiger partial charge < -0.3 is 15.3 Å². The number of aliphatic hydroxyl groups is 2. The van der Waals surface area contributed by atoms with Crippen LogP contribution in [0.2, 0.25) is 0 Å². The van der Waals surface area contributed by atoms with Gasteiger partial charge in [0.25, 0.3) is 0 Å². The van der Waals surface area contributed by atoms with Crippen molar-refractivity contribution in [3.8, 4) is 11.8 Å². The zero-order valence-electron chi connectivity index (χ0n) is 15.8. The van der Waals surface area contributed by atoms with Crippen LogP contribution in [-0.2, 0) is 4.79 Å². The molecule has 0 aromatic rings. The Bertz CT molecular complexity index is 715. The van der Waals surface area contributed by atoms with E-state index in [0.717, 1.165) is 44.9 Å². The number of rotatable bonds is 0. The van der Waals surface area contributed by atoms with Crippen molar-refractivity contribution in [1.82, 2.24) is 0 Å². The van der Waals surface area contributed by atoms with E-state index in [2.05, 4.69) is 31.8 Å². The maximum absolute atomic E-state index is 11.2. The van der Waals surface area contributed by atoms with Crippen molar-refractivity contribution in [2.24, 2.45) is 28.6 Å². The first-order chi connectivity index (χ1) is 12.2. The average Bonchev–Trinajstić information content (AvgIpc) is 2.86. The molecule has 3 saturated carbocycles. The van der Waals surface area contributed by atoms with Crippen LogP contribution in [0.1, 0.15) is 65.2 Å². The number of aliphatic carboxylic acids is 1. The Hall–Kier alpha value is -1.31. The number of carboxylic acid groups (broad SMARTS) is 1. The lowest BCUT2D eigenvalue weighted by atomic mass is 9.47. The van der Waals surface area contributed by atoms with Crippen LogP contribution in [-0.4, -0.2) is 33.0 Å². The van der Waals surface area contributed by atoms with Crippen molar-refractivity contribution in [2.45, 2.75) is 76.9 Å². The Morgan fingerprint density at radius 3 is 2.62 bits per heavy atom. The van der Waals surface area contributed by atoms with Gasteiger partial charge in [0.1, 0.15) is 5.60 Å². The fraction of sp³-hybridized carbons (Fsp3) is 0.773. The summed E-state index contributed by atoms with van der Waals surface area (Å²) >= 11 is 0. The summed E-state index contributed by atoms with van der Waals surface area (Å²) in [5, 5.41) is 30.2. The van der Waals surface area contributed by atoms with E-state index in [0.29, 0.717) is 24.2 Å². The Balaban J connectivity index is 1.66. The lowest BCUT2D eigenvalue weighted by molar-refractivity contribution is -0.130. The van der Waals surface area contributed by atoms with Crippen molar-refractivity contribution in [1.29, 1.82) is 0 Å². The highest BCUT2D eigenvalue weighted by Gasteiger charge is 2.63. The Morgan fingerprint density at radius 2 is 1.88 bits per heavy atom. The minimum Gasteiger partial charge on any atom is -0.472 e. The van der Waals surface area contributed by atoms with Gasteiger partial charge in [-0.05, 0) is 74.5 Å².